The molecule has 2 aromatic carbocycles. The Balaban J connectivity index is 1.94. The van der Waals surface area contributed by atoms with Crippen LogP contribution >= 0.6 is 0 Å². The standard InChI is InChI=1S/C18H16F3N5O3S/c1-29-15-6-5-12(18(19,20)21)8-14(15)16-23-10-24-17(26-16)25-13-4-2-3-11(7-13)9-30(22,27)28/h2-8,10H,9H2,1H3,(H2,22,27,28)(H,23,24,25,26). The minimum absolute atomic E-state index is 0.0314. The number of methoxy groups -OCH3 is 1. The molecule has 0 saturated carbocycles. The highest BCUT2D eigenvalue weighted by Crippen LogP contribution is 2.36. The molecule has 12 heteroatoms. The van der Waals surface area contributed by atoms with Crippen molar-refractivity contribution < 1.29 is 26.3 Å². The number of sulfonamides is 1. The van der Waals surface area contributed by atoms with E-state index < -0.39 is 21.8 Å². The SMILES string of the molecule is COc1ccc(C(F)(F)F)cc1-c1ncnc(Nc2cccc(CS(N)(=O)=O)c2)n1. The summed E-state index contributed by atoms with van der Waals surface area (Å²) >= 11 is 0. The molecule has 0 aliphatic rings. The van der Waals surface area contributed by atoms with E-state index in [-0.39, 0.29) is 28.8 Å². The molecule has 1 heterocycles. The van der Waals surface area contributed by atoms with Gasteiger partial charge in [-0.3, -0.25) is 0 Å². The van der Waals surface area contributed by atoms with Crippen molar-refractivity contribution in [2.75, 3.05) is 12.4 Å². The monoisotopic (exact) mass is 439 g/mol. The van der Waals surface area contributed by atoms with Crippen molar-refractivity contribution in [3.63, 3.8) is 0 Å². The number of alkyl halides is 3. The van der Waals surface area contributed by atoms with Crippen LogP contribution in [0.1, 0.15) is 11.1 Å². The molecule has 158 valence electrons. The maximum Gasteiger partial charge on any atom is 0.416 e. The van der Waals surface area contributed by atoms with Gasteiger partial charge in [0.15, 0.2) is 5.82 Å². The van der Waals surface area contributed by atoms with Crippen LogP contribution in [0.4, 0.5) is 24.8 Å². The van der Waals surface area contributed by atoms with Gasteiger partial charge in [0.1, 0.15) is 12.1 Å². The first-order chi connectivity index (χ1) is 14.0. The molecule has 0 bridgehead atoms. The summed E-state index contributed by atoms with van der Waals surface area (Å²) in [5.41, 5.74) is 0.0744. The molecule has 0 radical (unpaired) electrons. The molecular weight excluding hydrogens is 423 g/mol. The number of nitrogens with one attached hydrogen (secondary N) is 1. The third-order valence-electron chi connectivity index (χ3n) is 3.89. The minimum Gasteiger partial charge on any atom is -0.496 e. The Morgan fingerprint density at radius 3 is 2.57 bits per heavy atom. The van der Waals surface area contributed by atoms with Gasteiger partial charge in [-0.2, -0.15) is 18.2 Å². The number of rotatable bonds is 6. The molecular formula is C18H16F3N5O3S. The molecule has 0 fully saturated rings. The number of benzene rings is 2. The smallest absolute Gasteiger partial charge is 0.416 e. The highest BCUT2D eigenvalue weighted by molar-refractivity contribution is 7.88. The molecule has 0 amide bonds. The Labute approximate surface area is 170 Å². The van der Waals surface area contributed by atoms with E-state index in [4.69, 9.17) is 9.88 Å². The summed E-state index contributed by atoms with van der Waals surface area (Å²) in [5.74, 6) is -0.175. The third-order valence-corrected chi connectivity index (χ3v) is 4.63. The summed E-state index contributed by atoms with van der Waals surface area (Å²) < 4.78 is 66.9. The van der Waals surface area contributed by atoms with Gasteiger partial charge < -0.3 is 10.1 Å². The van der Waals surface area contributed by atoms with Gasteiger partial charge in [-0.25, -0.2) is 23.5 Å². The van der Waals surface area contributed by atoms with Crippen LogP contribution in [0.25, 0.3) is 11.4 Å². The Kier molecular flexibility index (Phi) is 5.89. The lowest BCUT2D eigenvalue weighted by molar-refractivity contribution is -0.137. The maximum atomic E-state index is 13.1. The summed E-state index contributed by atoms with van der Waals surface area (Å²) in [7, 11) is -2.39. The van der Waals surface area contributed by atoms with E-state index >= 15 is 0 Å². The molecule has 3 rings (SSSR count). The second-order valence-corrected chi connectivity index (χ2v) is 7.79. The van der Waals surface area contributed by atoms with Gasteiger partial charge in [-0.15, -0.1) is 0 Å². The molecule has 0 aliphatic carbocycles. The number of nitrogens with zero attached hydrogens (tertiary/aromatic N) is 3. The predicted octanol–water partition coefficient (Wildman–Crippen LogP) is 3.10. The number of anilines is 2. The van der Waals surface area contributed by atoms with E-state index in [0.717, 1.165) is 18.5 Å². The molecule has 3 aromatic rings. The van der Waals surface area contributed by atoms with Crippen LogP contribution in [0.2, 0.25) is 0 Å². The maximum absolute atomic E-state index is 13.1. The minimum atomic E-state index is -4.54. The lowest BCUT2D eigenvalue weighted by Gasteiger charge is -2.12. The molecule has 3 N–H and O–H groups in total. The lowest BCUT2D eigenvalue weighted by atomic mass is 10.1. The quantitative estimate of drug-likeness (QED) is 0.606. The average molecular weight is 439 g/mol. The van der Waals surface area contributed by atoms with E-state index in [2.05, 4.69) is 20.3 Å². The van der Waals surface area contributed by atoms with Gasteiger partial charge >= 0.3 is 6.18 Å². The average Bonchev–Trinajstić information content (AvgIpc) is 2.66. The van der Waals surface area contributed by atoms with E-state index in [1.54, 1.807) is 24.3 Å². The zero-order chi connectivity index (χ0) is 21.9. The van der Waals surface area contributed by atoms with E-state index in [1.165, 1.54) is 13.2 Å². The van der Waals surface area contributed by atoms with Crippen molar-refractivity contribution in [3.8, 4) is 17.1 Å². The second-order valence-electron chi connectivity index (χ2n) is 6.18. The number of nitrogens with two attached hydrogens (primary N) is 1. The molecule has 0 atom stereocenters. The van der Waals surface area contributed by atoms with Gasteiger partial charge in [0, 0.05) is 5.69 Å². The summed E-state index contributed by atoms with van der Waals surface area (Å²) in [6.45, 7) is 0. The van der Waals surface area contributed by atoms with E-state index in [1.807, 2.05) is 0 Å². The normalized spacial score (nSPS) is 11.9. The summed E-state index contributed by atoms with van der Waals surface area (Å²) in [5, 5.41) is 7.91. The fraction of sp³-hybridized carbons (Fsp3) is 0.167. The number of aromatic nitrogens is 3. The van der Waals surface area contributed by atoms with Crippen molar-refractivity contribution in [3.05, 3.63) is 59.9 Å². The Morgan fingerprint density at radius 1 is 1.13 bits per heavy atom. The number of primary sulfonamides is 1. The molecule has 0 saturated heterocycles. The highest BCUT2D eigenvalue weighted by Gasteiger charge is 2.31. The Morgan fingerprint density at radius 2 is 1.90 bits per heavy atom. The van der Waals surface area contributed by atoms with Gasteiger partial charge in [0.25, 0.3) is 0 Å². The lowest BCUT2D eigenvalue weighted by Crippen LogP contribution is -2.14. The molecule has 8 nitrogen and oxygen atoms in total. The van der Waals surface area contributed by atoms with Crippen molar-refractivity contribution in [2.24, 2.45) is 5.14 Å². The molecule has 0 aliphatic heterocycles. The van der Waals surface area contributed by atoms with Crippen LogP contribution in [-0.4, -0.2) is 30.5 Å². The summed E-state index contributed by atoms with van der Waals surface area (Å²) in [4.78, 5) is 12.0. The van der Waals surface area contributed by atoms with E-state index in [9.17, 15) is 21.6 Å². The van der Waals surface area contributed by atoms with Crippen molar-refractivity contribution in [1.29, 1.82) is 0 Å². The second kappa shape index (κ2) is 8.24. The van der Waals surface area contributed by atoms with Crippen LogP contribution < -0.4 is 15.2 Å². The van der Waals surface area contributed by atoms with Crippen LogP contribution in [0.5, 0.6) is 5.75 Å². The van der Waals surface area contributed by atoms with Crippen molar-refractivity contribution >= 4 is 21.7 Å². The zero-order valence-corrected chi connectivity index (χ0v) is 16.3. The first-order valence-corrected chi connectivity index (χ1v) is 10.1. The van der Waals surface area contributed by atoms with Crippen LogP contribution in [0, 0.1) is 0 Å². The van der Waals surface area contributed by atoms with Gasteiger partial charge in [0.2, 0.25) is 16.0 Å². The Hall–Kier alpha value is -3.25. The number of halogens is 3. The summed E-state index contributed by atoms with van der Waals surface area (Å²) in [6.07, 6.45) is -3.41. The van der Waals surface area contributed by atoms with Crippen molar-refractivity contribution in [1.82, 2.24) is 15.0 Å². The van der Waals surface area contributed by atoms with Crippen LogP contribution in [-0.2, 0) is 22.0 Å². The predicted molar refractivity (Wildman–Crippen MR) is 103 cm³/mol. The number of hydrogen-bond acceptors (Lipinski definition) is 7. The van der Waals surface area contributed by atoms with Crippen LogP contribution in [0.3, 0.4) is 0 Å². The van der Waals surface area contributed by atoms with E-state index in [0.29, 0.717) is 11.3 Å². The first kappa shape index (κ1) is 21.5. The summed E-state index contributed by atoms with van der Waals surface area (Å²) in [6, 6.07) is 9.36. The van der Waals surface area contributed by atoms with Crippen LogP contribution in [0.15, 0.2) is 48.8 Å². The topological polar surface area (TPSA) is 120 Å². The van der Waals surface area contributed by atoms with Crippen molar-refractivity contribution in [2.45, 2.75) is 11.9 Å². The van der Waals surface area contributed by atoms with Gasteiger partial charge in [-0.1, -0.05) is 12.1 Å². The number of ether oxygens (including phenoxy) is 1. The Bertz CT molecular complexity index is 1170. The zero-order valence-electron chi connectivity index (χ0n) is 15.5. The van der Waals surface area contributed by atoms with Gasteiger partial charge in [0.05, 0.1) is 24.0 Å². The first-order valence-electron chi connectivity index (χ1n) is 8.36. The molecule has 30 heavy (non-hydrogen) atoms. The largest absolute Gasteiger partial charge is 0.496 e. The third kappa shape index (κ3) is 5.42. The number of hydrogen-bond donors (Lipinski definition) is 2. The molecule has 1 aromatic heterocycles. The highest BCUT2D eigenvalue weighted by atomic mass is 32.2. The fourth-order valence-electron chi connectivity index (χ4n) is 2.65. The molecule has 0 unspecified atom stereocenters. The fourth-order valence-corrected chi connectivity index (χ4v) is 3.29. The van der Waals surface area contributed by atoms with Gasteiger partial charge in [-0.05, 0) is 35.9 Å². The molecule has 0 spiro atoms.